The molecule has 0 fully saturated rings. The number of sulfonamides is 1. The number of amides is 2. The summed E-state index contributed by atoms with van der Waals surface area (Å²) in [6.07, 6.45) is 0.106. The van der Waals surface area contributed by atoms with Crippen LogP contribution in [0.25, 0.3) is 0 Å². The summed E-state index contributed by atoms with van der Waals surface area (Å²) in [5.74, 6) is -0.508. The third-order valence-electron chi connectivity index (χ3n) is 3.70. The minimum atomic E-state index is -3.52. The highest BCUT2D eigenvalue weighted by Gasteiger charge is 2.12. The fourth-order valence-electron chi connectivity index (χ4n) is 2.39. The van der Waals surface area contributed by atoms with Crippen LogP contribution in [0.2, 0.25) is 0 Å². The minimum absolute atomic E-state index is 0.106. The van der Waals surface area contributed by atoms with Crippen molar-refractivity contribution in [1.29, 1.82) is 0 Å². The van der Waals surface area contributed by atoms with Gasteiger partial charge < -0.3 is 10.6 Å². The second kappa shape index (κ2) is 9.29. The van der Waals surface area contributed by atoms with Crippen molar-refractivity contribution in [2.75, 3.05) is 18.4 Å². The molecule has 0 saturated carbocycles. The molecule has 0 aliphatic rings. The van der Waals surface area contributed by atoms with Crippen molar-refractivity contribution >= 4 is 27.5 Å². The van der Waals surface area contributed by atoms with Crippen molar-refractivity contribution in [3.05, 3.63) is 59.7 Å². The van der Waals surface area contributed by atoms with Crippen LogP contribution in [0, 0.1) is 6.92 Å². The molecule has 0 bridgehead atoms. The van der Waals surface area contributed by atoms with Crippen molar-refractivity contribution in [2.45, 2.75) is 25.2 Å². The standard InChI is InChI=1S/C19H23N3O4S/c1-3-21-27(25,26)17-9-7-16(8-10-17)22-18(23)11-12-20-19(24)15-6-4-5-14(2)13-15/h4-10,13,21H,3,11-12H2,1-2H3,(H,20,24)(H,22,23). The number of hydrogen-bond acceptors (Lipinski definition) is 4. The van der Waals surface area contributed by atoms with Crippen molar-refractivity contribution in [3.8, 4) is 0 Å². The highest BCUT2D eigenvalue weighted by molar-refractivity contribution is 7.89. The van der Waals surface area contributed by atoms with Crippen molar-refractivity contribution in [1.82, 2.24) is 10.0 Å². The Morgan fingerprint density at radius 3 is 2.37 bits per heavy atom. The molecule has 0 heterocycles. The predicted molar refractivity (Wildman–Crippen MR) is 104 cm³/mol. The van der Waals surface area contributed by atoms with E-state index in [4.69, 9.17) is 0 Å². The topological polar surface area (TPSA) is 104 Å². The lowest BCUT2D eigenvalue weighted by molar-refractivity contribution is -0.116. The highest BCUT2D eigenvalue weighted by Crippen LogP contribution is 2.14. The Bertz CT molecular complexity index is 909. The first-order chi connectivity index (χ1) is 12.8. The minimum Gasteiger partial charge on any atom is -0.352 e. The fraction of sp³-hybridized carbons (Fsp3) is 0.263. The van der Waals surface area contributed by atoms with E-state index in [1.807, 2.05) is 13.0 Å². The van der Waals surface area contributed by atoms with Gasteiger partial charge in [-0.25, -0.2) is 13.1 Å². The van der Waals surface area contributed by atoms with Crippen LogP contribution in [-0.4, -0.2) is 33.3 Å². The number of anilines is 1. The smallest absolute Gasteiger partial charge is 0.251 e. The van der Waals surface area contributed by atoms with Crippen LogP contribution in [0.3, 0.4) is 0 Å². The SMILES string of the molecule is CCNS(=O)(=O)c1ccc(NC(=O)CCNC(=O)c2cccc(C)c2)cc1. The first-order valence-corrected chi connectivity index (χ1v) is 10.0. The van der Waals surface area contributed by atoms with Gasteiger partial charge in [0.15, 0.2) is 0 Å². The van der Waals surface area contributed by atoms with Gasteiger partial charge in [-0.2, -0.15) is 0 Å². The molecule has 2 aromatic carbocycles. The average Bonchev–Trinajstić information content (AvgIpc) is 2.62. The van der Waals surface area contributed by atoms with Crippen LogP contribution in [0.15, 0.2) is 53.4 Å². The molecule has 0 atom stereocenters. The second-order valence-electron chi connectivity index (χ2n) is 5.95. The van der Waals surface area contributed by atoms with Crippen LogP contribution in [0.4, 0.5) is 5.69 Å². The first kappa shape index (κ1) is 20.6. The third kappa shape index (κ3) is 6.19. The number of carbonyl (C=O) groups is 2. The number of nitrogens with one attached hydrogen (secondary N) is 3. The Morgan fingerprint density at radius 1 is 1.04 bits per heavy atom. The van der Waals surface area contributed by atoms with E-state index in [-0.39, 0.29) is 29.7 Å². The van der Waals surface area contributed by atoms with Crippen LogP contribution in [-0.2, 0) is 14.8 Å². The maximum Gasteiger partial charge on any atom is 0.251 e. The normalized spacial score (nSPS) is 11.0. The summed E-state index contributed by atoms with van der Waals surface area (Å²) in [5.41, 5.74) is 2.02. The van der Waals surface area contributed by atoms with E-state index in [2.05, 4.69) is 15.4 Å². The number of rotatable bonds is 8. The molecular weight excluding hydrogens is 366 g/mol. The lowest BCUT2D eigenvalue weighted by Crippen LogP contribution is -2.27. The van der Waals surface area contributed by atoms with E-state index in [1.54, 1.807) is 25.1 Å². The molecule has 2 rings (SSSR count). The summed E-state index contributed by atoms with van der Waals surface area (Å²) in [5, 5.41) is 5.37. The Kier molecular flexibility index (Phi) is 7.09. The molecule has 2 aromatic rings. The van der Waals surface area contributed by atoms with E-state index in [0.717, 1.165) is 5.56 Å². The molecule has 27 heavy (non-hydrogen) atoms. The van der Waals surface area contributed by atoms with Gasteiger partial charge in [0.1, 0.15) is 0 Å². The van der Waals surface area contributed by atoms with Gasteiger partial charge in [-0.15, -0.1) is 0 Å². The second-order valence-corrected chi connectivity index (χ2v) is 7.72. The van der Waals surface area contributed by atoms with E-state index in [0.29, 0.717) is 17.8 Å². The first-order valence-electron chi connectivity index (χ1n) is 8.56. The Labute approximate surface area is 159 Å². The summed E-state index contributed by atoms with van der Waals surface area (Å²) in [6, 6.07) is 13.1. The Hall–Kier alpha value is -2.71. The van der Waals surface area contributed by atoms with E-state index >= 15 is 0 Å². The summed E-state index contributed by atoms with van der Waals surface area (Å²) in [6.45, 7) is 4.10. The Balaban J connectivity index is 1.83. The molecule has 7 nitrogen and oxygen atoms in total. The van der Waals surface area contributed by atoms with Gasteiger partial charge in [0.25, 0.3) is 5.91 Å². The summed E-state index contributed by atoms with van der Waals surface area (Å²) >= 11 is 0. The van der Waals surface area contributed by atoms with E-state index in [1.165, 1.54) is 24.3 Å². The van der Waals surface area contributed by atoms with Crippen LogP contribution >= 0.6 is 0 Å². The van der Waals surface area contributed by atoms with E-state index < -0.39 is 10.0 Å². The molecular formula is C19H23N3O4S. The number of benzene rings is 2. The summed E-state index contributed by atoms with van der Waals surface area (Å²) in [4.78, 5) is 24.1. The molecule has 0 unspecified atom stereocenters. The predicted octanol–water partition coefficient (Wildman–Crippen LogP) is 2.05. The number of carbonyl (C=O) groups excluding carboxylic acids is 2. The molecule has 8 heteroatoms. The zero-order chi connectivity index (χ0) is 19.9. The van der Waals surface area contributed by atoms with Gasteiger partial charge in [0, 0.05) is 30.8 Å². The third-order valence-corrected chi connectivity index (χ3v) is 5.26. The molecule has 0 saturated heterocycles. The lowest BCUT2D eigenvalue weighted by Gasteiger charge is -2.08. The number of hydrogen-bond donors (Lipinski definition) is 3. The average molecular weight is 389 g/mol. The molecule has 0 spiro atoms. The van der Waals surface area contributed by atoms with Crippen LogP contribution in [0.1, 0.15) is 29.3 Å². The monoisotopic (exact) mass is 389 g/mol. The largest absolute Gasteiger partial charge is 0.352 e. The van der Waals surface area contributed by atoms with Gasteiger partial charge in [0.05, 0.1) is 4.90 Å². The quantitative estimate of drug-likeness (QED) is 0.643. The molecule has 2 amide bonds. The molecule has 0 aliphatic heterocycles. The van der Waals surface area contributed by atoms with E-state index in [9.17, 15) is 18.0 Å². The fourth-order valence-corrected chi connectivity index (χ4v) is 3.43. The molecule has 3 N–H and O–H groups in total. The maximum atomic E-state index is 12.0. The zero-order valence-electron chi connectivity index (χ0n) is 15.3. The Morgan fingerprint density at radius 2 is 1.74 bits per heavy atom. The van der Waals surface area contributed by atoms with Gasteiger partial charge in [-0.05, 0) is 43.3 Å². The van der Waals surface area contributed by atoms with Crippen molar-refractivity contribution in [3.63, 3.8) is 0 Å². The van der Waals surface area contributed by atoms with Crippen LogP contribution in [0.5, 0.6) is 0 Å². The zero-order valence-corrected chi connectivity index (χ0v) is 16.1. The number of aryl methyl sites for hydroxylation is 1. The van der Waals surface area contributed by atoms with Gasteiger partial charge in [0.2, 0.25) is 15.9 Å². The van der Waals surface area contributed by atoms with Gasteiger partial charge >= 0.3 is 0 Å². The lowest BCUT2D eigenvalue weighted by atomic mass is 10.1. The molecule has 0 aliphatic carbocycles. The van der Waals surface area contributed by atoms with Crippen molar-refractivity contribution in [2.24, 2.45) is 0 Å². The summed E-state index contributed by atoms with van der Waals surface area (Å²) < 4.78 is 26.1. The maximum absolute atomic E-state index is 12.0. The molecule has 144 valence electrons. The van der Waals surface area contributed by atoms with Crippen LogP contribution < -0.4 is 15.4 Å². The molecule has 0 aromatic heterocycles. The van der Waals surface area contributed by atoms with Gasteiger partial charge in [-0.3, -0.25) is 9.59 Å². The summed E-state index contributed by atoms with van der Waals surface area (Å²) in [7, 11) is -3.52. The highest BCUT2D eigenvalue weighted by atomic mass is 32.2. The van der Waals surface area contributed by atoms with Crippen molar-refractivity contribution < 1.29 is 18.0 Å². The van der Waals surface area contributed by atoms with Gasteiger partial charge in [-0.1, -0.05) is 24.6 Å². The molecule has 0 radical (unpaired) electrons.